The molecule has 1 unspecified atom stereocenters. The van der Waals surface area contributed by atoms with Gasteiger partial charge in [0.1, 0.15) is 5.82 Å². The lowest BCUT2D eigenvalue weighted by atomic mass is 10.1. The topological polar surface area (TPSA) is 63.2 Å². The second-order valence-corrected chi connectivity index (χ2v) is 4.91. The molecule has 1 saturated heterocycles. The quantitative estimate of drug-likeness (QED) is 0.847. The largest absolute Gasteiger partial charge is 0.381 e. The van der Waals surface area contributed by atoms with Crippen molar-refractivity contribution in [1.82, 2.24) is 10.3 Å². The Morgan fingerprint density at radius 1 is 1.53 bits per heavy atom. The molecule has 0 bridgehead atoms. The highest BCUT2D eigenvalue weighted by atomic mass is 16.5. The van der Waals surface area contributed by atoms with Crippen LogP contribution in [0.2, 0.25) is 0 Å². The summed E-state index contributed by atoms with van der Waals surface area (Å²) < 4.78 is 5.32. The van der Waals surface area contributed by atoms with Gasteiger partial charge in [-0.3, -0.25) is 4.79 Å². The monoisotopic (exact) mass is 263 g/mol. The number of nitrogens with one attached hydrogen (secondary N) is 2. The van der Waals surface area contributed by atoms with Crippen LogP contribution in [0.5, 0.6) is 0 Å². The summed E-state index contributed by atoms with van der Waals surface area (Å²) in [4.78, 5) is 16.3. The van der Waals surface area contributed by atoms with Crippen molar-refractivity contribution in [2.75, 3.05) is 32.1 Å². The maximum Gasteiger partial charge on any atom is 0.251 e. The SMILES string of the molecule is CNc1cc(C(=O)NCCC2CCOC2)cc(C)n1. The molecule has 1 aromatic rings. The van der Waals surface area contributed by atoms with Crippen LogP contribution in [-0.4, -0.2) is 37.7 Å². The molecule has 0 spiro atoms. The van der Waals surface area contributed by atoms with Crippen molar-refractivity contribution in [3.05, 3.63) is 23.4 Å². The molecule has 0 saturated carbocycles. The summed E-state index contributed by atoms with van der Waals surface area (Å²) in [6, 6.07) is 3.57. The molecule has 1 aromatic heterocycles. The van der Waals surface area contributed by atoms with E-state index in [4.69, 9.17) is 4.74 Å². The highest BCUT2D eigenvalue weighted by Gasteiger charge is 2.15. The van der Waals surface area contributed by atoms with Crippen molar-refractivity contribution < 1.29 is 9.53 Å². The molecule has 104 valence electrons. The van der Waals surface area contributed by atoms with E-state index in [2.05, 4.69) is 15.6 Å². The standard InChI is InChI=1S/C14H21N3O2/c1-10-7-12(8-13(15-2)17-10)14(18)16-5-3-11-4-6-19-9-11/h7-8,11H,3-6,9H2,1-2H3,(H,15,17)(H,16,18). The number of amides is 1. The molecule has 1 fully saturated rings. The minimum atomic E-state index is -0.0408. The van der Waals surface area contributed by atoms with Gasteiger partial charge in [-0.25, -0.2) is 4.98 Å². The van der Waals surface area contributed by atoms with Crippen LogP contribution in [-0.2, 0) is 4.74 Å². The summed E-state index contributed by atoms with van der Waals surface area (Å²) in [5.41, 5.74) is 1.49. The summed E-state index contributed by atoms with van der Waals surface area (Å²) in [5.74, 6) is 1.27. The van der Waals surface area contributed by atoms with Gasteiger partial charge >= 0.3 is 0 Å². The number of carbonyl (C=O) groups is 1. The number of hydrogen-bond donors (Lipinski definition) is 2. The number of pyridine rings is 1. The Hall–Kier alpha value is -1.62. The van der Waals surface area contributed by atoms with Crippen LogP contribution in [0.3, 0.4) is 0 Å². The summed E-state index contributed by atoms with van der Waals surface area (Å²) in [7, 11) is 1.80. The van der Waals surface area contributed by atoms with Crippen molar-refractivity contribution in [2.24, 2.45) is 5.92 Å². The predicted octanol–water partition coefficient (Wildman–Crippen LogP) is 1.59. The molecular weight excluding hydrogens is 242 g/mol. The average molecular weight is 263 g/mol. The maximum atomic E-state index is 12.0. The molecule has 1 amide bonds. The first-order valence-corrected chi connectivity index (χ1v) is 6.71. The second-order valence-electron chi connectivity index (χ2n) is 4.91. The van der Waals surface area contributed by atoms with Crippen LogP contribution in [0.1, 0.15) is 28.9 Å². The molecule has 5 heteroatoms. The highest BCUT2D eigenvalue weighted by Crippen LogP contribution is 2.15. The first-order chi connectivity index (χ1) is 9.19. The summed E-state index contributed by atoms with van der Waals surface area (Å²) in [6.07, 6.45) is 2.09. The molecule has 0 aliphatic carbocycles. The van der Waals surface area contributed by atoms with Gasteiger partial charge in [-0.1, -0.05) is 0 Å². The Morgan fingerprint density at radius 2 is 2.37 bits per heavy atom. The van der Waals surface area contributed by atoms with Crippen molar-refractivity contribution in [2.45, 2.75) is 19.8 Å². The van der Waals surface area contributed by atoms with E-state index in [1.807, 2.05) is 6.92 Å². The van der Waals surface area contributed by atoms with Gasteiger partial charge in [0.05, 0.1) is 0 Å². The molecule has 5 nitrogen and oxygen atoms in total. The third-order valence-corrected chi connectivity index (χ3v) is 3.33. The summed E-state index contributed by atoms with van der Waals surface area (Å²) >= 11 is 0. The summed E-state index contributed by atoms with van der Waals surface area (Å²) in [5, 5.41) is 5.91. The lowest BCUT2D eigenvalue weighted by Crippen LogP contribution is -2.26. The Kier molecular flexibility index (Phi) is 4.74. The van der Waals surface area contributed by atoms with Crippen molar-refractivity contribution in [3.8, 4) is 0 Å². The van der Waals surface area contributed by atoms with E-state index in [1.165, 1.54) is 0 Å². The zero-order chi connectivity index (χ0) is 13.7. The van der Waals surface area contributed by atoms with Crippen molar-refractivity contribution in [1.29, 1.82) is 0 Å². The number of anilines is 1. The van der Waals surface area contributed by atoms with E-state index in [-0.39, 0.29) is 5.91 Å². The zero-order valence-electron chi connectivity index (χ0n) is 11.5. The highest BCUT2D eigenvalue weighted by molar-refractivity contribution is 5.94. The molecule has 1 atom stereocenters. The van der Waals surface area contributed by atoms with E-state index in [0.717, 1.165) is 31.7 Å². The van der Waals surface area contributed by atoms with Crippen LogP contribution < -0.4 is 10.6 Å². The number of hydrogen-bond acceptors (Lipinski definition) is 4. The average Bonchev–Trinajstić information content (AvgIpc) is 2.91. The van der Waals surface area contributed by atoms with E-state index in [1.54, 1.807) is 19.2 Å². The van der Waals surface area contributed by atoms with Crippen LogP contribution in [0, 0.1) is 12.8 Å². The fourth-order valence-corrected chi connectivity index (χ4v) is 2.23. The smallest absolute Gasteiger partial charge is 0.251 e. The number of carbonyl (C=O) groups excluding carboxylic acids is 1. The van der Waals surface area contributed by atoms with E-state index < -0.39 is 0 Å². The number of rotatable bonds is 5. The Morgan fingerprint density at radius 3 is 3.05 bits per heavy atom. The Bertz CT molecular complexity index is 442. The molecule has 1 aliphatic heterocycles. The van der Waals surface area contributed by atoms with E-state index in [0.29, 0.717) is 23.8 Å². The number of ether oxygens (including phenoxy) is 1. The van der Waals surface area contributed by atoms with E-state index >= 15 is 0 Å². The molecule has 1 aliphatic rings. The Labute approximate surface area is 113 Å². The minimum Gasteiger partial charge on any atom is -0.381 e. The molecule has 2 N–H and O–H groups in total. The first-order valence-electron chi connectivity index (χ1n) is 6.71. The predicted molar refractivity (Wildman–Crippen MR) is 74.4 cm³/mol. The Balaban J connectivity index is 1.86. The maximum absolute atomic E-state index is 12.0. The van der Waals surface area contributed by atoms with Gasteiger partial charge in [0.15, 0.2) is 0 Å². The van der Waals surface area contributed by atoms with Crippen LogP contribution >= 0.6 is 0 Å². The molecule has 19 heavy (non-hydrogen) atoms. The molecule has 0 aromatic carbocycles. The van der Waals surface area contributed by atoms with Gasteiger partial charge in [-0.2, -0.15) is 0 Å². The van der Waals surface area contributed by atoms with Gasteiger partial charge in [0.25, 0.3) is 5.91 Å². The lowest BCUT2D eigenvalue weighted by molar-refractivity contribution is 0.0950. The van der Waals surface area contributed by atoms with Crippen LogP contribution in [0.25, 0.3) is 0 Å². The van der Waals surface area contributed by atoms with Crippen molar-refractivity contribution in [3.63, 3.8) is 0 Å². The van der Waals surface area contributed by atoms with Gasteiger partial charge < -0.3 is 15.4 Å². The normalized spacial score (nSPS) is 18.3. The molecule has 0 radical (unpaired) electrons. The minimum absolute atomic E-state index is 0.0408. The van der Waals surface area contributed by atoms with Gasteiger partial charge in [-0.15, -0.1) is 0 Å². The third kappa shape index (κ3) is 3.92. The van der Waals surface area contributed by atoms with E-state index in [9.17, 15) is 4.79 Å². The number of nitrogens with zero attached hydrogens (tertiary/aromatic N) is 1. The van der Waals surface area contributed by atoms with Gasteiger partial charge in [-0.05, 0) is 37.8 Å². The number of aromatic nitrogens is 1. The fourth-order valence-electron chi connectivity index (χ4n) is 2.23. The summed E-state index contributed by atoms with van der Waals surface area (Å²) in [6.45, 7) is 4.26. The van der Waals surface area contributed by atoms with Crippen LogP contribution in [0.4, 0.5) is 5.82 Å². The molecule has 2 heterocycles. The first kappa shape index (κ1) is 13.8. The fraction of sp³-hybridized carbons (Fsp3) is 0.571. The number of aryl methyl sites for hydroxylation is 1. The zero-order valence-corrected chi connectivity index (χ0v) is 11.5. The van der Waals surface area contributed by atoms with Gasteiger partial charge in [0.2, 0.25) is 0 Å². The van der Waals surface area contributed by atoms with Crippen molar-refractivity contribution >= 4 is 11.7 Å². The van der Waals surface area contributed by atoms with Crippen LogP contribution in [0.15, 0.2) is 12.1 Å². The third-order valence-electron chi connectivity index (χ3n) is 3.33. The lowest BCUT2D eigenvalue weighted by Gasteiger charge is -2.10. The van der Waals surface area contributed by atoms with Gasteiger partial charge in [0, 0.05) is 38.1 Å². The second kappa shape index (κ2) is 6.52. The molecular formula is C14H21N3O2. The molecule has 2 rings (SSSR count).